The van der Waals surface area contributed by atoms with Gasteiger partial charge >= 0.3 is 6.03 Å². The number of nitrogens with zero attached hydrogens (tertiary/aromatic N) is 3. The number of amides is 3. The van der Waals surface area contributed by atoms with Crippen molar-refractivity contribution < 1.29 is 9.59 Å². The molecule has 1 aromatic heterocycles. The standard InChI is InChI=1S/C21H27N5O2/c1-3-9-23-20(27)16-6-7-18(15(2)12-16)25-21(28)26-11-4-5-17(13-26)19-8-10-22-14-24-19/h6-8,10,12,14,17H,3-5,9,11,13H2,1-2H3,(H,23,27)(H,25,28)/t17-/m1/s1. The fourth-order valence-electron chi connectivity index (χ4n) is 3.43. The van der Waals surface area contributed by atoms with Crippen LogP contribution in [0.15, 0.2) is 36.8 Å². The summed E-state index contributed by atoms with van der Waals surface area (Å²) < 4.78 is 0. The molecule has 1 fully saturated rings. The summed E-state index contributed by atoms with van der Waals surface area (Å²) in [4.78, 5) is 35.0. The van der Waals surface area contributed by atoms with Crippen LogP contribution in [0.4, 0.5) is 10.5 Å². The van der Waals surface area contributed by atoms with Gasteiger partial charge in [-0.1, -0.05) is 6.92 Å². The zero-order chi connectivity index (χ0) is 19.9. The first-order chi connectivity index (χ1) is 13.6. The quantitative estimate of drug-likeness (QED) is 0.832. The molecule has 0 radical (unpaired) electrons. The average molecular weight is 381 g/mol. The van der Waals surface area contributed by atoms with Gasteiger partial charge in [0.2, 0.25) is 0 Å². The number of benzene rings is 1. The van der Waals surface area contributed by atoms with E-state index in [4.69, 9.17) is 0 Å². The van der Waals surface area contributed by atoms with E-state index < -0.39 is 0 Å². The Balaban J connectivity index is 1.63. The van der Waals surface area contributed by atoms with Crippen molar-refractivity contribution in [3.8, 4) is 0 Å². The third-order valence-electron chi connectivity index (χ3n) is 5.00. The molecule has 1 aliphatic rings. The summed E-state index contributed by atoms with van der Waals surface area (Å²) in [6.07, 6.45) is 6.14. The largest absolute Gasteiger partial charge is 0.352 e. The molecule has 0 aliphatic carbocycles. The number of aryl methyl sites for hydroxylation is 1. The molecule has 0 unspecified atom stereocenters. The molecule has 1 saturated heterocycles. The second-order valence-corrected chi connectivity index (χ2v) is 7.14. The summed E-state index contributed by atoms with van der Waals surface area (Å²) in [7, 11) is 0. The Labute approximate surface area is 165 Å². The number of carbonyl (C=O) groups is 2. The van der Waals surface area contributed by atoms with E-state index >= 15 is 0 Å². The fraction of sp³-hybridized carbons (Fsp3) is 0.429. The Kier molecular flexibility index (Phi) is 6.57. The Hall–Kier alpha value is -2.96. The highest BCUT2D eigenvalue weighted by Crippen LogP contribution is 2.26. The smallest absolute Gasteiger partial charge is 0.321 e. The van der Waals surface area contributed by atoms with Crippen molar-refractivity contribution >= 4 is 17.6 Å². The minimum Gasteiger partial charge on any atom is -0.352 e. The molecule has 0 spiro atoms. The Morgan fingerprint density at radius 1 is 1.29 bits per heavy atom. The van der Waals surface area contributed by atoms with Crippen molar-refractivity contribution in [3.05, 3.63) is 53.6 Å². The number of likely N-dealkylation sites (tertiary alicyclic amines) is 1. The number of hydrogen-bond donors (Lipinski definition) is 2. The normalized spacial score (nSPS) is 16.5. The van der Waals surface area contributed by atoms with Gasteiger partial charge in [0, 0.05) is 48.7 Å². The number of piperidine rings is 1. The number of rotatable bonds is 5. The molecule has 3 rings (SSSR count). The molecule has 28 heavy (non-hydrogen) atoms. The van der Waals surface area contributed by atoms with Crippen LogP contribution in [0.5, 0.6) is 0 Å². The number of urea groups is 1. The molecular weight excluding hydrogens is 354 g/mol. The maximum atomic E-state index is 12.8. The van der Waals surface area contributed by atoms with Gasteiger partial charge in [0.15, 0.2) is 0 Å². The summed E-state index contributed by atoms with van der Waals surface area (Å²) in [6, 6.07) is 7.14. The lowest BCUT2D eigenvalue weighted by Crippen LogP contribution is -2.41. The highest BCUT2D eigenvalue weighted by molar-refractivity contribution is 5.96. The molecule has 148 valence electrons. The lowest BCUT2D eigenvalue weighted by atomic mass is 9.95. The SMILES string of the molecule is CCCNC(=O)c1ccc(NC(=O)N2CCC[C@@H](c3ccncn3)C2)c(C)c1. The summed E-state index contributed by atoms with van der Waals surface area (Å²) in [6.45, 7) is 5.92. The highest BCUT2D eigenvalue weighted by Gasteiger charge is 2.25. The second-order valence-electron chi connectivity index (χ2n) is 7.14. The van der Waals surface area contributed by atoms with Crippen molar-refractivity contribution in [2.75, 3.05) is 25.0 Å². The van der Waals surface area contributed by atoms with Crippen molar-refractivity contribution in [2.24, 2.45) is 0 Å². The third kappa shape index (κ3) is 4.85. The molecule has 0 bridgehead atoms. The van der Waals surface area contributed by atoms with Gasteiger partial charge in [-0.2, -0.15) is 0 Å². The maximum absolute atomic E-state index is 12.8. The summed E-state index contributed by atoms with van der Waals surface area (Å²) >= 11 is 0. The molecule has 7 heteroatoms. The van der Waals surface area contributed by atoms with Crippen molar-refractivity contribution in [1.29, 1.82) is 0 Å². The Morgan fingerprint density at radius 2 is 2.14 bits per heavy atom. The second kappa shape index (κ2) is 9.30. The van der Waals surface area contributed by atoms with Crippen LogP contribution < -0.4 is 10.6 Å². The fourth-order valence-corrected chi connectivity index (χ4v) is 3.43. The first-order valence-electron chi connectivity index (χ1n) is 9.79. The van der Waals surface area contributed by atoms with Crippen LogP contribution in [0, 0.1) is 6.92 Å². The van der Waals surface area contributed by atoms with Crippen molar-refractivity contribution in [1.82, 2.24) is 20.2 Å². The van der Waals surface area contributed by atoms with E-state index in [0.29, 0.717) is 18.7 Å². The molecule has 7 nitrogen and oxygen atoms in total. The van der Waals surface area contributed by atoms with E-state index in [1.165, 1.54) is 0 Å². The number of nitrogens with one attached hydrogen (secondary N) is 2. The number of hydrogen-bond acceptors (Lipinski definition) is 4. The van der Waals surface area contributed by atoms with Crippen LogP contribution >= 0.6 is 0 Å². The van der Waals surface area contributed by atoms with Crippen molar-refractivity contribution in [3.63, 3.8) is 0 Å². The van der Waals surface area contributed by atoms with Gasteiger partial charge in [0.05, 0.1) is 0 Å². The zero-order valence-corrected chi connectivity index (χ0v) is 16.4. The zero-order valence-electron chi connectivity index (χ0n) is 16.4. The minimum absolute atomic E-state index is 0.0912. The van der Waals surface area contributed by atoms with E-state index in [1.807, 2.05) is 24.8 Å². The molecule has 1 aromatic carbocycles. The summed E-state index contributed by atoms with van der Waals surface area (Å²) in [5, 5.41) is 5.85. The molecule has 2 aromatic rings. The Morgan fingerprint density at radius 3 is 2.86 bits per heavy atom. The Bertz CT molecular complexity index is 825. The van der Waals surface area contributed by atoms with Crippen LogP contribution in [0.2, 0.25) is 0 Å². The van der Waals surface area contributed by atoms with E-state index in [9.17, 15) is 9.59 Å². The molecular formula is C21H27N5O2. The number of anilines is 1. The lowest BCUT2D eigenvalue weighted by molar-refractivity contribution is 0.0953. The number of carbonyl (C=O) groups excluding carboxylic acids is 2. The van der Waals surface area contributed by atoms with Gasteiger partial charge in [-0.15, -0.1) is 0 Å². The van der Waals surface area contributed by atoms with Crippen LogP contribution in [-0.4, -0.2) is 46.4 Å². The maximum Gasteiger partial charge on any atom is 0.321 e. The monoisotopic (exact) mass is 381 g/mol. The first-order valence-corrected chi connectivity index (χ1v) is 9.79. The summed E-state index contributed by atoms with van der Waals surface area (Å²) in [5.41, 5.74) is 3.17. The van der Waals surface area contributed by atoms with Crippen LogP contribution in [0.1, 0.15) is 53.7 Å². The van der Waals surface area contributed by atoms with Crippen molar-refractivity contribution in [2.45, 2.75) is 39.0 Å². The van der Waals surface area contributed by atoms with Gasteiger partial charge < -0.3 is 15.5 Å². The molecule has 3 amide bonds. The summed E-state index contributed by atoms with van der Waals surface area (Å²) in [5.74, 6) is 0.139. The highest BCUT2D eigenvalue weighted by atomic mass is 16.2. The molecule has 2 heterocycles. The predicted octanol–water partition coefficient (Wildman–Crippen LogP) is 3.34. The van der Waals surface area contributed by atoms with Gasteiger partial charge in [-0.3, -0.25) is 4.79 Å². The minimum atomic E-state index is -0.120. The van der Waals surface area contributed by atoms with Crippen LogP contribution in [0.3, 0.4) is 0 Å². The van der Waals surface area contributed by atoms with Gasteiger partial charge in [-0.05, 0) is 56.0 Å². The van der Waals surface area contributed by atoms with Gasteiger partial charge in [0.1, 0.15) is 6.33 Å². The number of aromatic nitrogens is 2. The van der Waals surface area contributed by atoms with E-state index in [1.54, 1.807) is 30.7 Å². The lowest BCUT2D eigenvalue weighted by Gasteiger charge is -2.32. The molecule has 1 aliphatic heterocycles. The average Bonchev–Trinajstić information content (AvgIpc) is 2.74. The first kappa shape index (κ1) is 19.8. The van der Waals surface area contributed by atoms with E-state index in [-0.39, 0.29) is 17.9 Å². The topological polar surface area (TPSA) is 87.2 Å². The molecule has 1 atom stereocenters. The predicted molar refractivity (Wildman–Crippen MR) is 108 cm³/mol. The van der Waals surface area contributed by atoms with Crippen LogP contribution in [0.25, 0.3) is 0 Å². The molecule has 2 N–H and O–H groups in total. The van der Waals surface area contributed by atoms with Gasteiger partial charge in [-0.25, -0.2) is 14.8 Å². The van der Waals surface area contributed by atoms with Crippen LogP contribution in [-0.2, 0) is 0 Å². The third-order valence-corrected chi connectivity index (χ3v) is 5.00. The van der Waals surface area contributed by atoms with E-state index in [0.717, 1.165) is 42.8 Å². The van der Waals surface area contributed by atoms with Gasteiger partial charge in [0.25, 0.3) is 5.91 Å². The molecule has 0 saturated carbocycles. The van der Waals surface area contributed by atoms with E-state index in [2.05, 4.69) is 20.6 Å².